The van der Waals surface area contributed by atoms with Crippen molar-refractivity contribution in [1.82, 2.24) is 0 Å². The summed E-state index contributed by atoms with van der Waals surface area (Å²) >= 11 is 0. The van der Waals surface area contributed by atoms with Crippen LogP contribution >= 0.6 is 0 Å². The monoisotopic (exact) mass is 486 g/mol. The molecule has 2 heterocycles. The van der Waals surface area contributed by atoms with Gasteiger partial charge in [-0.1, -0.05) is 25.1 Å². The van der Waals surface area contributed by atoms with E-state index in [1.165, 1.54) is 4.90 Å². The molecule has 0 unspecified atom stereocenters. The van der Waals surface area contributed by atoms with E-state index in [1.54, 1.807) is 30.0 Å². The molecule has 0 aromatic heterocycles. The van der Waals surface area contributed by atoms with Crippen molar-refractivity contribution in [3.05, 3.63) is 65.2 Å². The molecule has 36 heavy (non-hydrogen) atoms. The molecular weight excluding hydrogens is 456 g/mol. The fourth-order valence-corrected chi connectivity index (χ4v) is 5.75. The van der Waals surface area contributed by atoms with Crippen LogP contribution in [0.15, 0.2) is 48.6 Å². The Bertz CT molecular complexity index is 1290. The second-order valence-electron chi connectivity index (χ2n) is 10.3. The average molecular weight is 487 g/mol. The highest BCUT2D eigenvalue weighted by Crippen LogP contribution is 2.41. The Morgan fingerprint density at radius 1 is 0.972 bits per heavy atom. The van der Waals surface area contributed by atoms with E-state index in [1.807, 2.05) is 51.1 Å². The molecule has 2 fully saturated rings. The molecule has 3 amide bonds. The Morgan fingerprint density at radius 3 is 2.36 bits per heavy atom. The molecule has 2 aliphatic heterocycles. The summed E-state index contributed by atoms with van der Waals surface area (Å²) in [6.07, 6.45) is 4.64. The van der Waals surface area contributed by atoms with Crippen LogP contribution in [0.1, 0.15) is 36.5 Å². The van der Waals surface area contributed by atoms with Gasteiger partial charge in [0.25, 0.3) is 0 Å². The SMILES string of the molecule is Cc1cc(C)cc(N2C[C@H](C(=O)Oc3ccc(N4C(=O)[C@@H]5[C@@H](C)C=CC[C@H]5C4=O)c(C)c3)CC2=O)c1. The van der Waals surface area contributed by atoms with Crippen molar-refractivity contribution in [3.63, 3.8) is 0 Å². The van der Waals surface area contributed by atoms with Gasteiger partial charge in [-0.05, 0) is 80.1 Å². The van der Waals surface area contributed by atoms with E-state index < -0.39 is 11.9 Å². The van der Waals surface area contributed by atoms with Crippen LogP contribution in [0.5, 0.6) is 5.75 Å². The molecule has 0 radical (unpaired) electrons. The molecule has 2 saturated heterocycles. The zero-order valence-electron chi connectivity index (χ0n) is 21.0. The fourth-order valence-electron chi connectivity index (χ4n) is 5.75. The summed E-state index contributed by atoms with van der Waals surface area (Å²) in [5.41, 5.74) is 4.08. The summed E-state index contributed by atoms with van der Waals surface area (Å²) in [4.78, 5) is 54.7. The summed E-state index contributed by atoms with van der Waals surface area (Å²) in [5, 5.41) is 0. The van der Waals surface area contributed by atoms with Crippen molar-refractivity contribution in [2.75, 3.05) is 16.3 Å². The summed E-state index contributed by atoms with van der Waals surface area (Å²) in [7, 11) is 0. The number of benzene rings is 2. The van der Waals surface area contributed by atoms with E-state index in [9.17, 15) is 19.2 Å². The maximum absolute atomic E-state index is 13.1. The van der Waals surface area contributed by atoms with E-state index >= 15 is 0 Å². The Labute approximate surface area is 210 Å². The van der Waals surface area contributed by atoms with Crippen LogP contribution in [0.25, 0.3) is 0 Å². The van der Waals surface area contributed by atoms with Gasteiger partial charge in [0.15, 0.2) is 0 Å². The highest BCUT2D eigenvalue weighted by atomic mass is 16.5. The number of carbonyl (C=O) groups excluding carboxylic acids is 4. The zero-order chi connectivity index (χ0) is 25.7. The van der Waals surface area contributed by atoms with Gasteiger partial charge in [-0.25, -0.2) is 4.90 Å². The van der Waals surface area contributed by atoms with Gasteiger partial charge >= 0.3 is 5.97 Å². The van der Waals surface area contributed by atoms with Crippen molar-refractivity contribution >= 4 is 35.1 Å². The fraction of sp³-hybridized carbons (Fsp3) is 0.379. The minimum absolute atomic E-state index is 0.0168. The topological polar surface area (TPSA) is 84.0 Å². The van der Waals surface area contributed by atoms with Gasteiger partial charge < -0.3 is 9.64 Å². The summed E-state index contributed by atoms with van der Waals surface area (Å²) in [6, 6.07) is 10.8. The number of rotatable bonds is 4. The molecule has 0 spiro atoms. The minimum atomic E-state index is -0.572. The molecule has 0 saturated carbocycles. The molecule has 7 heteroatoms. The van der Waals surface area contributed by atoms with Crippen molar-refractivity contribution < 1.29 is 23.9 Å². The van der Waals surface area contributed by atoms with Crippen molar-refractivity contribution in [1.29, 1.82) is 0 Å². The third kappa shape index (κ3) is 4.12. The Hall–Kier alpha value is -3.74. The first-order valence-corrected chi connectivity index (χ1v) is 12.4. The number of carbonyl (C=O) groups is 4. The highest BCUT2D eigenvalue weighted by molar-refractivity contribution is 6.22. The number of amides is 3. The number of anilines is 2. The van der Waals surface area contributed by atoms with Crippen molar-refractivity contribution in [2.24, 2.45) is 23.7 Å². The molecule has 2 aromatic rings. The van der Waals surface area contributed by atoms with Gasteiger partial charge in [0.05, 0.1) is 23.4 Å². The molecule has 5 rings (SSSR count). The first-order valence-electron chi connectivity index (χ1n) is 12.4. The first kappa shape index (κ1) is 24.0. The molecule has 2 aromatic carbocycles. The number of nitrogens with zero attached hydrogens (tertiary/aromatic N) is 2. The van der Waals surface area contributed by atoms with Gasteiger partial charge in [-0.2, -0.15) is 0 Å². The van der Waals surface area contributed by atoms with Gasteiger partial charge in [0, 0.05) is 18.7 Å². The third-order valence-corrected chi connectivity index (χ3v) is 7.48. The van der Waals surface area contributed by atoms with Crippen LogP contribution in [0.2, 0.25) is 0 Å². The van der Waals surface area contributed by atoms with Crippen molar-refractivity contribution in [3.8, 4) is 5.75 Å². The highest BCUT2D eigenvalue weighted by Gasteiger charge is 2.50. The molecule has 0 bridgehead atoms. The third-order valence-electron chi connectivity index (χ3n) is 7.48. The molecule has 4 atom stereocenters. The number of ether oxygens (including phenoxy) is 1. The van der Waals surface area contributed by atoms with E-state index in [2.05, 4.69) is 0 Å². The molecule has 1 aliphatic carbocycles. The Kier molecular flexibility index (Phi) is 6.02. The predicted molar refractivity (Wildman–Crippen MR) is 136 cm³/mol. The molecule has 0 N–H and O–H groups in total. The second-order valence-corrected chi connectivity index (χ2v) is 10.3. The van der Waals surface area contributed by atoms with Gasteiger partial charge in [-0.3, -0.25) is 19.2 Å². The number of allylic oxidation sites excluding steroid dienone is 2. The normalized spacial score (nSPS) is 25.5. The summed E-state index contributed by atoms with van der Waals surface area (Å²) in [5.74, 6) is -1.82. The first-order chi connectivity index (χ1) is 17.1. The Morgan fingerprint density at radius 2 is 1.69 bits per heavy atom. The van der Waals surface area contributed by atoms with Crippen LogP contribution in [-0.4, -0.2) is 30.2 Å². The molecule has 7 nitrogen and oxygen atoms in total. The lowest BCUT2D eigenvalue weighted by Crippen LogP contribution is -2.32. The average Bonchev–Trinajstić information content (AvgIpc) is 3.32. The quantitative estimate of drug-likeness (QED) is 0.279. The lowest BCUT2D eigenvalue weighted by atomic mass is 9.78. The predicted octanol–water partition coefficient (Wildman–Crippen LogP) is 4.27. The maximum Gasteiger partial charge on any atom is 0.316 e. The standard InChI is InChI=1S/C29H30N2O5/c1-16-10-17(2)12-21(11-16)30-15-20(14-25(30)32)29(35)36-22-8-9-24(19(4)13-22)31-27(33)23-7-5-6-18(3)26(23)28(31)34/h5-6,8-13,18,20,23,26H,7,14-15H2,1-4H3/t18-,20+,23+,26+/m0/s1. The number of fused-ring (bicyclic) bond motifs is 1. The van der Waals surface area contributed by atoms with E-state index in [0.29, 0.717) is 23.4 Å². The van der Waals surface area contributed by atoms with Gasteiger partial charge in [0.2, 0.25) is 17.7 Å². The lowest BCUT2D eigenvalue weighted by Gasteiger charge is -2.22. The lowest BCUT2D eigenvalue weighted by molar-refractivity contribution is -0.139. The van der Waals surface area contributed by atoms with E-state index in [-0.39, 0.29) is 48.4 Å². The van der Waals surface area contributed by atoms with Crippen LogP contribution in [0.3, 0.4) is 0 Å². The van der Waals surface area contributed by atoms with Crippen LogP contribution in [0, 0.1) is 44.4 Å². The van der Waals surface area contributed by atoms with Crippen LogP contribution < -0.4 is 14.5 Å². The number of aryl methyl sites for hydroxylation is 3. The van der Waals surface area contributed by atoms with E-state index in [0.717, 1.165) is 16.8 Å². The summed E-state index contributed by atoms with van der Waals surface area (Å²) < 4.78 is 5.63. The summed E-state index contributed by atoms with van der Waals surface area (Å²) in [6.45, 7) is 7.97. The Balaban J connectivity index is 1.29. The van der Waals surface area contributed by atoms with Gasteiger partial charge in [-0.15, -0.1) is 0 Å². The second kappa shape index (κ2) is 9.04. The number of hydrogen-bond donors (Lipinski definition) is 0. The van der Waals surface area contributed by atoms with Crippen molar-refractivity contribution in [2.45, 2.75) is 40.5 Å². The van der Waals surface area contributed by atoms with Gasteiger partial charge in [0.1, 0.15) is 5.75 Å². The van der Waals surface area contributed by atoms with E-state index in [4.69, 9.17) is 4.74 Å². The zero-order valence-corrected chi connectivity index (χ0v) is 21.0. The molecule has 3 aliphatic rings. The smallest absolute Gasteiger partial charge is 0.316 e. The van der Waals surface area contributed by atoms with Crippen LogP contribution in [-0.2, 0) is 19.2 Å². The molecular formula is C29H30N2O5. The minimum Gasteiger partial charge on any atom is -0.426 e. The van der Waals surface area contributed by atoms with Crippen LogP contribution in [0.4, 0.5) is 11.4 Å². The number of hydrogen-bond acceptors (Lipinski definition) is 5. The molecule has 186 valence electrons. The maximum atomic E-state index is 13.1. The largest absolute Gasteiger partial charge is 0.426 e. The number of imide groups is 1. The number of esters is 1.